The topological polar surface area (TPSA) is 71.3 Å². The van der Waals surface area contributed by atoms with Crippen LogP contribution in [0.2, 0.25) is 0 Å². The zero-order valence-electron chi connectivity index (χ0n) is 16.0. The maximum atomic E-state index is 13.6. The minimum atomic E-state index is -0.230. The molecule has 3 heterocycles. The quantitative estimate of drug-likeness (QED) is 0.761. The van der Waals surface area contributed by atoms with Crippen LogP contribution in [0, 0.1) is 12.7 Å². The number of halogens is 1. The number of nitrogens with zero attached hydrogens (tertiary/aromatic N) is 5. The van der Waals surface area contributed by atoms with E-state index in [0.29, 0.717) is 44.5 Å². The van der Waals surface area contributed by atoms with Crippen LogP contribution in [0.5, 0.6) is 0 Å². The molecule has 2 aromatic rings. The first-order chi connectivity index (χ1) is 13.5. The Kier molecular flexibility index (Phi) is 5.11. The molecule has 28 heavy (non-hydrogen) atoms. The molecule has 1 aromatic carbocycles. The lowest BCUT2D eigenvalue weighted by Gasteiger charge is -2.39. The van der Waals surface area contributed by atoms with Crippen molar-refractivity contribution in [1.29, 1.82) is 0 Å². The predicted molar refractivity (Wildman–Crippen MR) is 99.7 cm³/mol. The summed E-state index contributed by atoms with van der Waals surface area (Å²) >= 11 is 0. The molecule has 7 nitrogen and oxygen atoms in total. The lowest BCUT2D eigenvalue weighted by molar-refractivity contribution is -0.137. The van der Waals surface area contributed by atoms with Gasteiger partial charge in [0, 0.05) is 32.5 Å². The number of rotatable bonds is 6. The molecule has 0 N–H and O–H groups in total. The van der Waals surface area contributed by atoms with E-state index in [1.165, 1.54) is 6.07 Å². The molecule has 0 unspecified atom stereocenters. The van der Waals surface area contributed by atoms with Crippen molar-refractivity contribution in [2.75, 3.05) is 19.6 Å². The molecule has 0 spiro atoms. The summed E-state index contributed by atoms with van der Waals surface area (Å²) in [7, 11) is 0. The summed E-state index contributed by atoms with van der Waals surface area (Å²) in [5.74, 6) is 0.00948. The molecule has 0 saturated carbocycles. The molecule has 4 rings (SSSR count). The fraction of sp³-hybridized carbons (Fsp3) is 0.500. The average Bonchev–Trinajstić information content (AvgIpc) is 3.25. The van der Waals surface area contributed by atoms with Gasteiger partial charge in [0.1, 0.15) is 11.5 Å². The van der Waals surface area contributed by atoms with Gasteiger partial charge in [0.05, 0.1) is 18.8 Å². The summed E-state index contributed by atoms with van der Waals surface area (Å²) in [5, 5.41) is 8.32. The van der Waals surface area contributed by atoms with Crippen molar-refractivity contribution < 1.29 is 14.0 Å². The molecule has 0 radical (unpaired) electrons. The van der Waals surface area contributed by atoms with E-state index in [9.17, 15) is 14.0 Å². The smallest absolute Gasteiger partial charge is 0.223 e. The first-order valence-corrected chi connectivity index (χ1v) is 9.71. The minimum Gasteiger partial charge on any atom is -0.338 e. The number of hydrogen-bond donors (Lipinski definition) is 0. The van der Waals surface area contributed by atoms with E-state index in [0.717, 1.165) is 24.2 Å². The Hall–Kier alpha value is -2.77. The Balaban J connectivity index is 1.24. The normalized spacial score (nSPS) is 17.3. The summed E-state index contributed by atoms with van der Waals surface area (Å²) in [6.07, 6.45) is 4.29. The standard InChI is InChI=1S/C20H24FN5O2/c1-14-4-5-15(9-18(14)21)6-7-20(28)25-12-17(13-25)26-11-16(22-23-26)10-24-8-2-3-19(24)27/h4-5,9,11,17H,2-3,6-8,10,12-13H2,1H3. The summed E-state index contributed by atoms with van der Waals surface area (Å²) in [4.78, 5) is 27.6. The molecular weight excluding hydrogens is 361 g/mol. The zero-order valence-corrected chi connectivity index (χ0v) is 16.0. The van der Waals surface area contributed by atoms with Crippen LogP contribution < -0.4 is 0 Å². The number of amides is 2. The van der Waals surface area contributed by atoms with Gasteiger partial charge < -0.3 is 9.80 Å². The van der Waals surface area contributed by atoms with E-state index >= 15 is 0 Å². The van der Waals surface area contributed by atoms with Gasteiger partial charge in [-0.2, -0.15) is 0 Å². The van der Waals surface area contributed by atoms with Crippen LogP contribution in [0.15, 0.2) is 24.4 Å². The van der Waals surface area contributed by atoms with Crippen molar-refractivity contribution in [3.8, 4) is 0 Å². The number of aryl methyl sites for hydroxylation is 2. The molecule has 2 fully saturated rings. The molecule has 2 saturated heterocycles. The van der Waals surface area contributed by atoms with Crippen molar-refractivity contribution in [1.82, 2.24) is 24.8 Å². The number of carbonyl (C=O) groups is 2. The van der Waals surface area contributed by atoms with Crippen molar-refractivity contribution in [2.24, 2.45) is 0 Å². The van der Waals surface area contributed by atoms with Crippen LogP contribution in [-0.2, 0) is 22.6 Å². The van der Waals surface area contributed by atoms with Gasteiger partial charge in [-0.3, -0.25) is 9.59 Å². The van der Waals surface area contributed by atoms with E-state index < -0.39 is 0 Å². The number of aromatic nitrogens is 3. The van der Waals surface area contributed by atoms with Gasteiger partial charge in [-0.05, 0) is 37.0 Å². The van der Waals surface area contributed by atoms with Crippen LogP contribution in [0.25, 0.3) is 0 Å². The third-order valence-corrected chi connectivity index (χ3v) is 5.53. The summed E-state index contributed by atoms with van der Waals surface area (Å²) < 4.78 is 15.4. The highest BCUT2D eigenvalue weighted by Gasteiger charge is 2.32. The second-order valence-electron chi connectivity index (χ2n) is 7.64. The van der Waals surface area contributed by atoms with Crippen molar-refractivity contribution >= 4 is 11.8 Å². The molecule has 8 heteroatoms. The molecule has 148 valence electrons. The number of hydrogen-bond acceptors (Lipinski definition) is 4. The van der Waals surface area contributed by atoms with Crippen molar-refractivity contribution in [2.45, 2.75) is 45.2 Å². The van der Waals surface area contributed by atoms with Gasteiger partial charge in [0.2, 0.25) is 11.8 Å². The SMILES string of the molecule is Cc1ccc(CCC(=O)N2CC(n3cc(CN4CCCC4=O)nn3)C2)cc1F. The van der Waals surface area contributed by atoms with E-state index in [4.69, 9.17) is 0 Å². The second-order valence-corrected chi connectivity index (χ2v) is 7.64. The van der Waals surface area contributed by atoms with Crippen molar-refractivity contribution in [3.05, 3.63) is 47.0 Å². The highest BCUT2D eigenvalue weighted by Crippen LogP contribution is 2.22. The summed E-state index contributed by atoms with van der Waals surface area (Å²) in [5.41, 5.74) is 2.23. The van der Waals surface area contributed by atoms with Gasteiger partial charge in [-0.15, -0.1) is 5.10 Å². The van der Waals surface area contributed by atoms with E-state index in [1.807, 2.05) is 12.3 Å². The van der Waals surface area contributed by atoms with Crippen LogP contribution in [0.3, 0.4) is 0 Å². The van der Waals surface area contributed by atoms with Crippen LogP contribution in [0.4, 0.5) is 4.39 Å². The second kappa shape index (κ2) is 7.69. The van der Waals surface area contributed by atoms with Crippen LogP contribution >= 0.6 is 0 Å². The molecule has 0 bridgehead atoms. The zero-order chi connectivity index (χ0) is 19.7. The molecule has 2 amide bonds. The Morgan fingerprint density at radius 1 is 1.32 bits per heavy atom. The van der Waals surface area contributed by atoms with Crippen molar-refractivity contribution in [3.63, 3.8) is 0 Å². The Bertz CT molecular complexity index is 890. The monoisotopic (exact) mass is 385 g/mol. The van der Waals surface area contributed by atoms with E-state index in [-0.39, 0.29) is 23.7 Å². The molecule has 0 atom stereocenters. The first kappa shape index (κ1) is 18.6. The number of benzene rings is 1. The molecule has 2 aliphatic rings. The van der Waals surface area contributed by atoms with Gasteiger partial charge in [-0.25, -0.2) is 9.07 Å². The lowest BCUT2D eigenvalue weighted by atomic mass is 10.0. The molecule has 0 aliphatic carbocycles. The highest BCUT2D eigenvalue weighted by atomic mass is 19.1. The van der Waals surface area contributed by atoms with Gasteiger partial charge in [0.15, 0.2) is 0 Å². The molecule has 2 aliphatic heterocycles. The number of carbonyl (C=O) groups excluding carboxylic acids is 2. The third-order valence-electron chi connectivity index (χ3n) is 5.53. The molecular formula is C20H24FN5O2. The Morgan fingerprint density at radius 3 is 2.86 bits per heavy atom. The molecule has 1 aromatic heterocycles. The fourth-order valence-electron chi connectivity index (χ4n) is 3.66. The highest BCUT2D eigenvalue weighted by molar-refractivity contribution is 5.78. The average molecular weight is 385 g/mol. The van der Waals surface area contributed by atoms with Crippen LogP contribution in [0.1, 0.15) is 42.1 Å². The maximum absolute atomic E-state index is 13.6. The van der Waals surface area contributed by atoms with E-state index in [2.05, 4.69) is 10.3 Å². The lowest BCUT2D eigenvalue weighted by Crippen LogP contribution is -2.51. The summed E-state index contributed by atoms with van der Waals surface area (Å²) in [6, 6.07) is 5.24. The van der Waals surface area contributed by atoms with Crippen LogP contribution in [-0.4, -0.2) is 56.2 Å². The first-order valence-electron chi connectivity index (χ1n) is 9.71. The Labute approximate surface area is 163 Å². The summed E-state index contributed by atoms with van der Waals surface area (Å²) in [6.45, 7) is 4.21. The fourth-order valence-corrected chi connectivity index (χ4v) is 3.66. The van der Waals surface area contributed by atoms with Gasteiger partial charge >= 0.3 is 0 Å². The third kappa shape index (κ3) is 3.90. The van der Waals surface area contributed by atoms with E-state index in [1.54, 1.807) is 27.5 Å². The number of likely N-dealkylation sites (tertiary alicyclic amines) is 2. The van der Waals surface area contributed by atoms with Gasteiger partial charge in [0.25, 0.3) is 0 Å². The predicted octanol–water partition coefficient (Wildman–Crippen LogP) is 1.86. The Morgan fingerprint density at radius 2 is 2.14 bits per heavy atom. The largest absolute Gasteiger partial charge is 0.338 e. The minimum absolute atomic E-state index is 0.0697. The van der Waals surface area contributed by atoms with Gasteiger partial charge in [-0.1, -0.05) is 17.3 Å². The maximum Gasteiger partial charge on any atom is 0.223 e.